The molecule has 4 aromatic heterocycles. The van der Waals surface area contributed by atoms with E-state index in [2.05, 4.69) is 26.4 Å². The van der Waals surface area contributed by atoms with Crippen LogP contribution >= 0.6 is 23.2 Å². The smallest absolute Gasteiger partial charge is 0.352 e. The third-order valence-electron chi connectivity index (χ3n) is 11.8. The molecule has 1 amide bonds. The molecule has 5 heterocycles. The summed E-state index contributed by atoms with van der Waals surface area (Å²) >= 11 is 13.6. The van der Waals surface area contributed by atoms with Crippen LogP contribution in [0, 0.1) is 34.6 Å². The van der Waals surface area contributed by atoms with Crippen LogP contribution in [0.25, 0.3) is 32.9 Å². The van der Waals surface area contributed by atoms with Gasteiger partial charge in [0, 0.05) is 69.7 Å². The number of carboxylic acids is 1. The number of ether oxygens (including phenoxy) is 2. The fraction of sp³-hybridized carbons (Fsp3) is 0.327. The van der Waals surface area contributed by atoms with Gasteiger partial charge in [0.2, 0.25) is 0 Å². The van der Waals surface area contributed by atoms with Gasteiger partial charge in [-0.2, -0.15) is 0 Å². The Kier molecular flexibility index (Phi) is 12.3. The van der Waals surface area contributed by atoms with Crippen LogP contribution in [0.15, 0.2) is 67.1 Å². The number of carbonyl (C=O) groups is 2. The molecule has 1 N–H and O–H groups in total. The van der Waals surface area contributed by atoms with Crippen LogP contribution in [0.5, 0.6) is 11.5 Å². The predicted octanol–water partition coefficient (Wildman–Crippen LogP) is 10.2. The molecule has 0 saturated heterocycles. The molecule has 0 bridgehead atoms. The maximum atomic E-state index is 15.7. The quantitative estimate of drug-likeness (QED) is 0.106. The zero-order valence-corrected chi connectivity index (χ0v) is 38.4. The minimum absolute atomic E-state index is 0.0773. The molecule has 0 aliphatic carbocycles. The summed E-state index contributed by atoms with van der Waals surface area (Å²) in [6.45, 7) is 13.8. The molecule has 1 unspecified atom stereocenters. The molecule has 12 nitrogen and oxygen atoms in total. The van der Waals surface area contributed by atoms with E-state index in [1.807, 2.05) is 102 Å². The molecule has 3 aromatic carbocycles. The summed E-state index contributed by atoms with van der Waals surface area (Å²) in [6.07, 6.45) is 4.39. The number of likely N-dealkylation sites (N-methyl/N-ethyl adjacent to an activating group) is 1. The minimum atomic E-state index is -1.09. The molecule has 0 fully saturated rings. The highest BCUT2D eigenvalue weighted by Gasteiger charge is 2.38. The second-order valence-electron chi connectivity index (χ2n) is 16.8. The standard InChI is InChI=1S/C49H51Cl2N7O5/c1-27-13-14-52-34(18-27)25-56-41(49(60)61)22-33-21-36(63-17-15-55(7)8)23-40(45(33)56)57-24-30(4)58-46-38(11-12-39(50)43(46)42-31(5)53-26-54-32(42)6)37(47(58)48(57)59)10-9-16-62-35-19-28(2)44(51)29(3)20-35/h11-14,18-23,26,30H,9-10,15-17,24-25H2,1-8H3,(H,60,61). The van der Waals surface area contributed by atoms with Crippen LogP contribution in [-0.2, 0) is 13.0 Å². The highest BCUT2D eigenvalue weighted by atomic mass is 35.5. The van der Waals surface area contributed by atoms with Crippen molar-refractivity contribution in [3.63, 3.8) is 0 Å². The maximum absolute atomic E-state index is 15.7. The van der Waals surface area contributed by atoms with Crippen molar-refractivity contribution in [2.24, 2.45) is 0 Å². The highest BCUT2D eigenvalue weighted by molar-refractivity contribution is 6.35. The van der Waals surface area contributed by atoms with E-state index < -0.39 is 5.97 Å². The first-order chi connectivity index (χ1) is 30.1. The number of aromatic nitrogens is 5. The van der Waals surface area contributed by atoms with Gasteiger partial charge in [0.25, 0.3) is 5.91 Å². The molecule has 1 atom stereocenters. The fourth-order valence-electron chi connectivity index (χ4n) is 8.94. The van der Waals surface area contributed by atoms with E-state index in [9.17, 15) is 9.90 Å². The Morgan fingerprint density at radius 2 is 1.57 bits per heavy atom. The van der Waals surface area contributed by atoms with Gasteiger partial charge in [-0.1, -0.05) is 29.3 Å². The number of fused-ring (bicyclic) bond motifs is 4. The number of anilines is 1. The van der Waals surface area contributed by atoms with E-state index in [0.717, 1.165) is 66.4 Å². The van der Waals surface area contributed by atoms with Crippen molar-refractivity contribution >= 4 is 62.6 Å². The molecule has 8 rings (SSSR count). The van der Waals surface area contributed by atoms with Crippen molar-refractivity contribution in [2.75, 3.05) is 45.3 Å². The first-order valence-electron chi connectivity index (χ1n) is 21.1. The minimum Gasteiger partial charge on any atom is -0.494 e. The highest BCUT2D eigenvalue weighted by Crippen LogP contribution is 2.46. The molecule has 0 spiro atoms. The number of carboxylic acid groups (broad SMARTS) is 1. The van der Waals surface area contributed by atoms with E-state index >= 15 is 4.79 Å². The molecular formula is C49H51Cl2N7O5. The SMILES string of the molecule is Cc1ccnc(Cn2c(C(=O)O)cc3cc(OCCN(C)C)cc(N4CC(C)n5c(c(CCCOc6cc(C)c(Cl)c(C)c6)c6ccc(Cl)c(-c7c(C)ncnc7C)c65)C4=O)c32)c1. The van der Waals surface area contributed by atoms with Crippen LogP contribution in [-0.4, -0.2) is 86.4 Å². The summed E-state index contributed by atoms with van der Waals surface area (Å²) in [6, 6.07) is 16.7. The van der Waals surface area contributed by atoms with E-state index in [1.165, 1.54) is 0 Å². The zero-order valence-electron chi connectivity index (χ0n) is 36.8. The maximum Gasteiger partial charge on any atom is 0.352 e. The van der Waals surface area contributed by atoms with Crippen molar-refractivity contribution in [3.8, 4) is 22.6 Å². The third-order valence-corrected chi connectivity index (χ3v) is 12.7. The first-order valence-corrected chi connectivity index (χ1v) is 21.8. The molecule has 14 heteroatoms. The number of rotatable bonds is 14. The van der Waals surface area contributed by atoms with Gasteiger partial charge in [0.1, 0.15) is 35.8 Å². The zero-order chi connectivity index (χ0) is 44.9. The lowest BCUT2D eigenvalue weighted by Gasteiger charge is -2.35. The lowest BCUT2D eigenvalue weighted by Crippen LogP contribution is -2.43. The topological polar surface area (TPSA) is 128 Å². The number of hydrogen-bond donors (Lipinski definition) is 1. The van der Waals surface area contributed by atoms with Crippen molar-refractivity contribution in [1.29, 1.82) is 0 Å². The summed E-state index contributed by atoms with van der Waals surface area (Å²) in [5, 5.41) is 13.4. The van der Waals surface area contributed by atoms with Crippen LogP contribution in [0.4, 0.5) is 5.69 Å². The van der Waals surface area contributed by atoms with Crippen molar-refractivity contribution in [3.05, 3.63) is 128 Å². The Labute approximate surface area is 377 Å². The van der Waals surface area contributed by atoms with Crippen molar-refractivity contribution in [2.45, 2.75) is 67.0 Å². The second-order valence-corrected chi connectivity index (χ2v) is 17.6. The Morgan fingerprint density at radius 1 is 0.873 bits per heavy atom. The van der Waals surface area contributed by atoms with E-state index in [4.69, 9.17) is 32.7 Å². The Bertz CT molecular complexity index is 2900. The Hall–Kier alpha value is -5.95. The Balaban J connectivity index is 1.31. The molecule has 1 aliphatic heterocycles. The average Bonchev–Trinajstić information content (AvgIpc) is 3.76. The molecule has 0 radical (unpaired) electrons. The van der Waals surface area contributed by atoms with Crippen LogP contribution < -0.4 is 14.4 Å². The third kappa shape index (κ3) is 8.35. The predicted molar refractivity (Wildman–Crippen MR) is 250 cm³/mol. The van der Waals surface area contributed by atoms with Crippen LogP contribution in [0.2, 0.25) is 10.0 Å². The number of hydrogen-bond acceptors (Lipinski definition) is 8. The largest absolute Gasteiger partial charge is 0.494 e. The lowest BCUT2D eigenvalue weighted by atomic mass is 9.97. The second kappa shape index (κ2) is 17.7. The summed E-state index contributed by atoms with van der Waals surface area (Å²) in [5.74, 6) is -0.0528. The van der Waals surface area contributed by atoms with E-state index in [1.54, 1.807) is 28.1 Å². The average molecular weight is 889 g/mol. The number of aryl methyl sites for hydroxylation is 6. The number of aromatic carboxylic acids is 1. The molecule has 1 aliphatic rings. The number of carbonyl (C=O) groups excluding carboxylic acids is 1. The van der Waals surface area contributed by atoms with Gasteiger partial charge in [0.15, 0.2) is 0 Å². The van der Waals surface area contributed by atoms with Crippen LogP contribution in [0.1, 0.15) is 79.7 Å². The lowest BCUT2D eigenvalue weighted by molar-refractivity contribution is 0.0686. The van der Waals surface area contributed by atoms with Gasteiger partial charge in [-0.15, -0.1) is 0 Å². The number of pyridine rings is 1. The van der Waals surface area contributed by atoms with Crippen molar-refractivity contribution < 1.29 is 24.2 Å². The molecule has 0 saturated carbocycles. The van der Waals surface area contributed by atoms with Gasteiger partial charge < -0.3 is 33.5 Å². The van der Waals surface area contributed by atoms with Gasteiger partial charge >= 0.3 is 5.97 Å². The Morgan fingerprint density at radius 3 is 2.25 bits per heavy atom. The summed E-state index contributed by atoms with van der Waals surface area (Å²) in [4.78, 5) is 46.2. The number of amides is 1. The summed E-state index contributed by atoms with van der Waals surface area (Å²) < 4.78 is 16.5. The normalized spacial score (nSPS) is 14.0. The number of halogens is 2. The molecular weight excluding hydrogens is 837 g/mol. The van der Waals surface area contributed by atoms with Crippen molar-refractivity contribution in [1.82, 2.24) is 29.0 Å². The number of benzene rings is 3. The fourth-order valence-corrected chi connectivity index (χ4v) is 9.30. The van der Waals surface area contributed by atoms with Gasteiger partial charge in [-0.05, 0) is 133 Å². The van der Waals surface area contributed by atoms with Gasteiger partial charge in [-0.3, -0.25) is 9.78 Å². The molecule has 63 heavy (non-hydrogen) atoms. The summed E-state index contributed by atoms with van der Waals surface area (Å²) in [5.41, 5.74) is 10.2. The van der Waals surface area contributed by atoms with Gasteiger partial charge in [0.05, 0.1) is 40.6 Å². The van der Waals surface area contributed by atoms with E-state index in [0.29, 0.717) is 71.4 Å². The molecule has 326 valence electrons. The van der Waals surface area contributed by atoms with Gasteiger partial charge in [-0.25, -0.2) is 14.8 Å². The van der Waals surface area contributed by atoms with Crippen LogP contribution in [0.3, 0.4) is 0 Å². The monoisotopic (exact) mass is 887 g/mol. The molecule has 7 aromatic rings. The number of nitrogens with zero attached hydrogens (tertiary/aromatic N) is 7. The first kappa shape index (κ1) is 43.7. The van der Waals surface area contributed by atoms with E-state index in [-0.39, 0.29) is 30.7 Å². The summed E-state index contributed by atoms with van der Waals surface area (Å²) in [7, 11) is 3.94.